The maximum Gasteiger partial charge on any atom is 0.409 e. The van der Waals surface area contributed by atoms with E-state index in [1.807, 2.05) is 225 Å². The van der Waals surface area contributed by atoms with Crippen molar-refractivity contribution in [2.45, 2.75) is 342 Å². The minimum Gasteiger partial charge on any atom is -0.468 e. The SMILES string of the molecule is CC(C)N(C)C(=O)N(C)C(C)C.CC(C)N(C)C(=S)N(C)C.CC(C)N(C)C(C)C.CC(C)N(C)S(=O)(=O)C(C)(C)C.CC(C)N(C)S(=O)C(C)C.CC(C)OC(=O)N(C)C.CC(C)OC(=S)N(C)C.CC(C)OC(C)C.CC(C)SC(=S)N(C)C(C)C.COP(=O)(OC(C)C)N(C)C(C)C. The van der Waals surface area contributed by atoms with E-state index in [0.29, 0.717) is 52.8 Å². The lowest BCUT2D eigenvalue weighted by molar-refractivity contribution is 0.0300. The van der Waals surface area contributed by atoms with Crippen molar-refractivity contribution in [3.8, 4) is 0 Å². The van der Waals surface area contributed by atoms with E-state index < -0.39 is 33.5 Å². The van der Waals surface area contributed by atoms with Crippen LogP contribution in [0.1, 0.15) is 242 Å². The molecule has 0 saturated carbocycles. The third-order valence-corrected chi connectivity index (χ3v) is 23.2. The van der Waals surface area contributed by atoms with Gasteiger partial charge >= 0.3 is 19.9 Å². The molecule has 2 atom stereocenters. The van der Waals surface area contributed by atoms with Crippen molar-refractivity contribution in [2.24, 2.45) is 0 Å². The van der Waals surface area contributed by atoms with E-state index >= 15 is 0 Å². The molecule has 0 spiro atoms. The Morgan fingerprint density at radius 2 is 0.792 bits per heavy atom. The van der Waals surface area contributed by atoms with Gasteiger partial charge in [0.2, 0.25) is 10.0 Å². The molecule has 0 rings (SSSR count). The molecule has 29 heteroatoms. The van der Waals surface area contributed by atoms with E-state index in [4.69, 9.17) is 59.9 Å². The van der Waals surface area contributed by atoms with Gasteiger partial charge in [-0.15, -0.1) is 0 Å². The largest absolute Gasteiger partial charge is 0.468 e. The minimum atomic E-state index is -3.14. The van der Waals surface area contributed by atoms with E-state index in [1.165, 1.54) is 16.3 Å². The number of hydrogen-bond donors (Lipinski definition) is 0. The number of sulfonamides is 1. The highest BCUT2D eigenvalue weighted by atomic mass is 32.2. The molecule has 0 bridgehead atoms. The molecule has 2 unspecified atom stereocenters. The van der Waals surface area contributed by atoms with Crippen LogP contribution >= 0.6 is 56.2 Å². The number of carbonyl (C=O) groups excluding carboxylic acids is 2. The zero-order chi connectivity index (χ0) is 83.8. The Bertz CT molecular complexity index is 2190. The van der Waals surface area contributed by atoms with E-state index in [9.17, 15) is 26.8 Å². The number of carbonyl (C=O) groups is 2. The smallest absolute Gasteiger partial charge is 0.409 e. The van der Waals surface area contributed by atoms with Gasteiger partial charge in [-0.05, 0) is 267 Å². The Hall–Kier alpha value is -1.79. The summed E-state index contributed by atoms with van der Waals surface area (Å²) in [7, 11) is 20.4. The number of thioether (sulfide) groups is 1. The molecule has 0 N–H and O–H groups in total. The number of hydrogen-bond acceptors (Lipinski definition) is 16. The van der Waals surface area contributed by atoms with Gasteiger partial charge in [0.1, 0.15) is 4.32 Å². The average Bonchev–Trinajstić information content (AvgIpc) is 0.816. The van der Waals surface area contributed by atoms with Crippen molar-refractivity contribution in [3.05, 3.63) is 0 Å². The third kappa shape index (κ3) is 68.5. The van der Waals surface area contributed by atoms with Crippen LogP contribution in [0.3, 0.4) is 0 Å². The average molecular weight is 1590 g/mol. The number of rotatable bonds is 21. The van der Waals surface area contributed by atoms with Crippen molar-refractivity contribution in [2.75, 3.05) is 106 Å². The molecule has 0 aromatic rings. The molecule has 0 radical (unpaired) electrons. The first-order valence-corrected chi connectivity index (χ1v) is 41.8. The van der Waals surface area contributed by atoms with Crippen molar-refractivity contribution in [1.82, 2.24) is 52.5 Å². The van der Waals surface area contributed by atoms with Gasteiger partial charge < -0.3 is 53.4 Å². The molecule has 0 aromatic heterocycles. The van der Waals surface area contributed by atoms with Crippen LogP contribution < -0.4 is 0 Å². The maximum absolute atomic E-state index is 12.0. The molecule has 0 fully saturated rings. The maximum atomic E-state index is 12.0. The molecule has 0 aliphatic rings. The summed E-state index contributed by atoms with van der Waals surface area (Å²) in [6.45, 7) is 69.8. The number of amides is 3. The molecule has 0 aliphatic heterocycles. The van der Waals surface area contributed by atoms with Crippen LogP contribution in [0.5, 0.6) is 0 Å². The van der Waals surface area contributed by atoms with E-state index in [1.54, 1.807) is 80.1 Å². The van der Waals surface area contributed by atoms with Crippen LogP contribution in [0.2, 0.25) is 0 Å². The normalized spacial score (nSPS) is 12.2. The fraction of sp³-hybridized carbons (Fsp3) is 0.931. The van der Waals surface area contributed by atoms with Crippen molar-refractivity contribution >= 4 is 104 Å². The van der Waals surface area contributed by atoms with Gasteiger partial charge in [0.05, 0.1) is 46.3 Å². The fourth-order valence-corrected chi connectivity index (χ4v) is 11.6. The first kappa shape index (κ1) is 120. The summed E-state index contributed by atoms with van der Waals surface area (Å²) in [4.78, 5) is 37.3. The first-order chi connectivity index (χ1) is 44.9. The second-order valence-corrected chi connectivity index (χ2v) is 40.0. The lowest BCUT2D eigenvalue weighted by Crippen LogP contribution is -2.45. The molecule has 3 amide bonds. The lowest BCUT2D eigenvalue weighted by Gasteiger charge is -2.30. The van der Waals surface area contributed by atoms with Gasteiger partial charge in [-0.1, -0.05) is 37.8 Å². The molecule has 0 heterocycles. The molecule has 101 heavy (non-hydrogen) atoms. The highest BCUT2D eigenvalue weighted by molar-refractivity contribution is 8.23. The quantitative estimate of drug-likeness (QED) is 0.0780. The van der Waals surface area contributed by atoms with Gasteiger partial charge in [-0.25, -0.2) is 40.1 Å². The van der Waals surface area contributed by atoms with Crippen LogP contribution in [0.15, 0.2) is 0 Å². The molecule has 616 valence electrons. The van der Waals surface area contributed by atoms with Crippen LogP contribution in [0, 0.1) is 0 Å². The molecular weight excluding hydrogens is 1420 g/mol. The minimum absolute atomic E-state index is 0.0224. The number of urea groups is 1. The van der Waals surface area contributed by atoms with Gasteiger partial charge in [0.15, 0.2) is 5.11 Å². The Morgan fingerprint density at radius 3 is 0.921 bits per heavy atom. The summed E-state index contributed by atoms with van der Waals surface area (Å²) >= 11 is 17.0. The Morgan fingerprint density at radius 1 is 0.446 bits per heavy atom. The Labute approximate surface area is 650 Å². The standard InChI is InChI=1S/C9H20N2O.C8H20NO3P.C8H19NO2S.C8H17NS2.C7H16N2S.C7H17NOS.C7H17N.C6H13NO2.C6H13NOS.C6H14O/c1-7(2)10(5)9(12)11(6)8(3)4;1-7(2)9(5)13(10,11-6)12-8(3)4;1-7(2)9(6)12(10,11)8(3,4)5;1-6(2)9(5)8(10)11-7(3)4;1-6(2)9(5)7(10)8(3)4;1-6(2)8(5)10(9)7(3)4;1-6(2)8(5)7(3)4;1-5(2)9-6(8)7(3)4;1-5(2)8-6(9)7(3)4;1-5(2)7-6(3)4/h7-8H,1-6H3;7-8H,1-6H3;7H,1-6H3;6-7H,1-5H3;6H,1-5H3;6-7H,1-5H3;6-7H,1-5H3;2*5H,1-4H3;5-6H,1-4H3. The van der Waals surface area contributed by atoms with E-state index in [2.05, 4.69) is 91.0 Å². The van der Waals surface area contributed by atoms with Crippen molar-refractivity contribution < 1.29 is 50.0 Å². The number of ether oxygens (including phenoxy) is 3. The molecule has 0 aromatic carbocycles. The topological polar surface area (TPSA) is 184 Å². The molecule has 0 saturated heterocycles. The fourth-order valence-electron chi connectivity index (χ4n) is 5.52. The monoisotopic (exact) mass is 1580 g/mol. The third-order valence-electron chi connectivity index (χ3n) is 13.6. The molecular formula is C72H166N11O11PS6. The highest BCUT2D eigenvalue weighted by Gasteiger charge is 2.34. The summed E-state index contributed by atoms with van der Waals surface area (Å²) in [5, 5.41) is 2.25. The summed E-state index contributed by atoms with van der Waals surface area (Å²) in [5.41, 5.74) is 0. The summed E-state index contributed by atoms with van der Waals surface area (Å²) < 4.78 is 77.4. The van der Waals surface area contributed by atoms with Crippen LogP contribution in [-0.4, -0.2) is 298 Å². The van der Waals surface area contributed by atoms with Gasteiger partial charge in [-0.3, -0.25) is 9.05 Å². The van der Waals surface area contributed by atoms with E-state index in [-0.39, 0.29) is 59.9 Å². The lowest BCUT2D eigenvalue weighted by atomic mass is 10.3. The summed E-state index contributed by atoms with van der Waals surface area (Å²) in [6.07, 6.45) is 0.511. The van der Waals surface area contributed by atoms with Gasteiger partial charge in [0, 0.05) is 157 Å². The Kier molecular flexibility index (Phi) is 75.2. The van der Waals surface area contributed by atoms with Crippen LogP contribution in [0.25, 0.3) is 0 Å². The van der Waals surface area contributed by atoms with Crippen molar-refractivity contribution in [3.63, 3.8) is 0 Å². The highest BCUT2D eigenvalue weighted by Crippen LogP contribution is 2.52. The molecule has 22 nitrogen and oxygen atoms in total. The van der Waals surface area contributed by atoms with Gasteiger partial charge in [0.25, 0.3) is 5.17 Å². The zero-order valence-corrected chi connectivity index (χ0v) is 80.3. The predicted octanol–water partition coefficient (Wildman–Crippen LogP) is 17.0. The second kappa shape index (κ2) is 63.2. The summed E-state index contributed by atoms with van der Waals surface area (Å²) in [6, 6.07) is 3.47. The molecule has 0 aliphatic carbocycles. The zero-order valence-electron chi connectivity index (χ0n) is 74.5. The summed E-state index contributed by atoms with van der Waals surface area (Å²) in [5.74, 6) is 0. The van der Waals surface area contributed by atoms with E-state index in [0.717, 1.165) is 9.43 Å². The number of thiocarbonyl (C=S) groups is 3. The number of nitrogens with zero attached hydrogens (tertiary/aromatic N) is 11. The predicted molar refractivity (Wildman–Crippen MR) is 457 cm³/mol. The second-order valence-electron chi connectivity index (χ2n) is 30.1. The van der Waals surface area contributed by atoms with Gasteiger partial charge in [-0.2, -0.15) is 0 Å². The van der Waals surface area contributed by atoms with Crippen molar-refractivity contribution in [1.29, 1.82) is 0 Å². The van der Waals surface area contributed by atoms with Crippen LogP contribution in [0.4, 0.5) is 9.59 Å². The Balaban J connectivity index is -0.000000114. The van der Waals surface area contributed by atoms with Crippen LogP contribution in [-0.2, 0) is 48.8 Å². The first-order valence-electron chi connectivity index (χ1n) is 35.6.